The third-order valence-electron chi connectivity index (χ3n) is 2.48. The maximum atomic E-state index is 10.9. The number of carbonyl (C=O) groups excluding carboxylic acids is 1. The Morgan fingerprint density at radius 1 is 1.04 bits per heavy atom. The van der Waals surface area contributed by atoms with Crippen LogP contribution in [0.4, 0.5) is 0 Å². The molecule has 0 saturated heterocycles. The summed E-state index contributed by atoms with van der Waals surface area (Å²) < 4.78 is 14.8. The molecule has 23 heavy (non-hydrogen) atoms. The molecule has 7 heteroatoms. The van der Waals surface area contributed by atoms with Gasteiger partial charge in [0, 0.05) is 5.57 Å². The molecule has 0 aromatic carbocycles. The van der Waals surface area contributed by atoms with E-state index in [9.17, 15) is 4.79 Å². The number of hydrogen-bond donors (Lipinski definition) is 3. The minimum Gasteiger partial charge on any atom is -0.460 e. The molecule has 138 valence electrons. The van der Waals surface area contributed by atoms with Gasteiger partial charge < -0.3 is 29.5 Å². The molecule has 0 radical (unpaired) electrons. The molecular formula is C16H32O7. The van der Waals surface area contributed by atoms with Crippen molar-refractivity contribution in [3.05, 3.63) is 12.2 Å². The van der Waals surface area contributed by atoms with Gasteiger partial charge in [0.05, 0.1) is 33.0 Å². The summed E-state index contributed by atoms with van der Waals surface area (Å²) >= 11 is 0. The Morgan fingerprint density at radius 3 is 2.09 bits per heavy atom. The van der Waals surface area contributed by atoms with Gasteiger partial charge in [-0.3, -0.25) is 0 Å². The van der Waals surface area contributed by atoms with Gasteiger partial charge in [0.25, 0.3) is 0 Å². The highest BCUT2D eigenvalue weighted by Gasteiger charge is 2.01. The molecule has 0 aliphatic rings. The average Bonchev–Trinajstić information content (AvgIpc) is 2.50. The van der Waals surface area contributed by atoms with Crippen LogP contribution in [0.3, 0.4) is 0 Å². The number of aliphatic hydroxyl groups excluding tert-OH is 2. The van der Waals surface area contributed by atoms with Crippen LogP contribution in [-0.2, 0) is 19.0 Å². The Kier molecular flexibility index (Phi) is 20.1. The van der Waals surface area contributed by atoms with Crippen LogP contribution >= 0.6 is 0 Å². The molecule has 0 aliphatic heterocycles. The van der Waals surface area contributed by atoms with Crippen LogP contribution in [0.5, 0.6) is 0 Å². The summed E-state index contributed by atoms with van der Waals surface area (Å²) in [5, 5.41) is 25.1. The van der Waals surface area contributed by atoms with E-state index in [1.807, 2.05) is 0 Å². The van der Waals surface area contributed by atoms with Crippen LogP contribution < -0.4 is 0 Å². The van der Waals surface area contributed by atoms with Crippen LogP contribution in [0.25, 0.3) is 0 Å². The minimum absolute atomic E-state index is 0.0101. The van der Waals surface area contributed by atoms with Crippen molar-refractivity contribution < 1.29 is 34.3 Å². The zero-order valence-corrected chi connectivity index (χ0v) is 14.3. The van der Waals surface area contributed by atoms with Gasteiger partial charge in [-0.1, -0.05) is 26.3 Å². The van der Waals surface area contributed by atoms with Gasteiger partial charge in [-0.25, -0.2) is 4.79 Å². The predicted octanol–water partition coefficient (Wildman–Crippen LogP) is 1.01. The highest BCUT2D eigenvalue weighted by atomic mass is 16.6. The lowest BCUT2D eigenvalue weighted by atomic mass is 10.2. The van der Waals surface area contributed by atoms with Crippen molar-refractivity contribution >= 4 is 5.97 Å². The van der Waals surface area contributed by atoms with E-state index in [1.165, 1.54) is 0 Å². The maximum Gasteiger partial charge on any atom is 0.333 e. The van der Waals surface area contributed by atoms with Gasteiger partial charge in [0.2, 0.25) is 0 Å². The quantitative estimate of drug-likeness (QED) is 0.199. The SMILES string of the molecule is C=C(C)C(=O)OCCOCCOCCO.CCCCCC(O)O. The lowest BCUT2D eigenvalue weighted by molar-refractivity contribution is -0.140. The van der Waals surface area contributed by atoms with Crippen molar-refractivity contribution in [2.75, 3.05) is 39.6 Å². The van der Waals surface area contributed by atoms with Crippen LogP contribution in [0.15, 0.2) is 12.2 Å². The zero-order valence-electron chi connectivity index (χ0n) is 14.3. The molecule has 0 aromatic heterocycles. The van der Waals surface area contributed by atoms with Gasteiger partial charge >= 0.3 is 5.97 Å². The monoisotopic (exact) mass is 336 g/mol. The molecule has 0 atom stereocenters. The van der Waals surface area contributed by atoms with Crippen LogP contribution in [0, 0.1) is 0 Å². The van der Waals surface area contributed by atoms with E-state index in [-0.39, 0.29) is 13.2 Å². The molecule has 0 saturated carbocycles. The third kappa shape index (κ3) is 23.4. The van der Waals surface area contributed by atoms with Crippen LogP contribution in [0.1, 0.15) is 39.5 Å². The molecule has 0 amide bonds. The van der Waals surface area contributed by atoms with Gasteiger partial charge in [-0.05, 0) is 19.8 Å². The van der Waals surface area contributed by atoms with Crippen LogP contribution in [-0.4, -0.2) is 67.2 Å². The third-order valence-corrected chi connectivity index (χ3v) is 2.48. The van der Waals surface area contributed by atoms with Gasteiger partial charge in [-0.2, -0.15) is 0 Å². The summed E-state index contributed by atoms with van der Waals surface area (Å²) in [6.07, 6.45) is 2.58. The Bertz CT molecular complexity index is 280. The fourth-order valence-corrected chi connectivity index (χ4v) is 1.28. The Hall–Kier alpha value is -0.990. The largest absolute Gasteiger partial charge is 0.460 e. The van der Waals surface area contributed by atoms with E-state index in [0.29, 0.717) is 38.4 Å². The Morgan fingerprint density at radius 2 is 1.61 bits per heavy atom. The molecule has 0 rings (SSSR count). The normalized spacial score (nSPS) is 10.2. The molecular weight excluding hydrogens is 304 g/mol. The Labute approximate surface area is 138 Å². The molecule has 0 bridgehead atoms. The lowest BCUT2D eigenvalue weighted by Crippen LogP contribution is -2.13. The second kappa shape index (κ2) is 19.1. The number of ether oxygens (including phenoxy) is 3. The average molecular weight is 336 g/mol. The zero-order chi connectivity index (χ0) is 17.9. The lowest BCUT2D eigenvalue weighted by Gasteiger charge is -2.05. The summed E-state index contributed by atoms with van der Waals surface area (Å²) in [5.74, 6) is -0.407. The van der Waals surface area contributed by atoms with E-state index in [0.717, 1.165) is 19.3 Å². The van der Waals surface area contributed by atoms with Crippen LogP contribution in [0.2, 0.25) is 0 Å². The van der Waals surface area contributed by atoms with E-state index in [4.69, 9.17) is 29.5 Å². The van der Waals surface area contributed by atoms with Gasteiger partial charge in [0.15, 0.2) is 6.29 Å². The fraction of sp³-hybridized carbons (Fsp3) is 0.812. The highest BCUT2D eigenvalue weighted by molar-refractivity contribution is 5.86. The van der Waals surface area contributed by atoms with Crippen molar-refractivity contribution in [3.8, 4) is 0 Å². The van der Waals surface area contributed by atoms with Gasteiger partial charge in [0.1, 0.15) is 6.61 Å². The number of rotatable bonds is 13. The highest BCUT2D eigenvalue weighted by Crippen LogP contribution is 2.00. The number of esters is 1. The fourth-order valence-electron chi connectivity index (χ4n) is 1.28. The Balaban J connectivity index is 0. The van der Waals surface area contributed by atoms with Crippen molar-refractivity contribution in [1.29, 1.82) is 0 Å². The molecule has 0 aliphatic carbocycles. The maximum absolute atomic E-state index is 10.9. The van der Waals surface area contributed by atoms with E-state index < -0.39 is 12.3 Å². The summed E-state index contributed by atoms with van der Waals surface area (Å²) in [6.45, 7) is 8.84. The second-order valence-corrected chi connectivity index (χ2v) is 4.84. The molecule has 0 unspecified atom stereocenters. The summed E-state index contributed by atoms with van der Waals surface area (Å²) in [6, 6.07) is 0. The second-order valence-electron chi connectivity index (χ2n) is 4.84. The number of hydrogen-bond acceptors (Lipinski definition) is 7. The first kappa shape index (κ1) is 24.3. The first-order chi connectivity index (χ1) is 11.0. The van der Waals surface area contributed by atoms with E-state index in [2.05, 4.69) is 13.5 Å². The first-order valence-corrected chi connectivity index (χ1v) is 7.90. The molecule has 0 heterocycles. The van der Waals surface area contributed by atoms with Crippen molar-refractivity contribution in [1.82, 2.24) is 0 Å². The number of unbranched alkanes of at least 4 members (excludes halogenated alkanes) is 2. The minimum atomic E-state index is -1.10. The van der Waals surface area contributed by atoms with E-state index >= 15 is 0 Å². The molecule has 3 N–H and O–H groups in total. The smallest absolute Gasteiger partial charge is 0.333 e. The summed E-state index contributed by atoms with van der Waals surface area (Å²) in [5.41, 5.74) is 0.376. The molecule has 0 spiro atoms. The number of aliphatic hydroxyl groups is 3. The van der Waals surface area contributed by atoms with Crippen molar-refractivity contribution in [3.63, 3.8) is 0 Å². The molecule has 0 aromatic rings. The van der Waals surface area contributed by atoms with Crippen molar-refractivity contribution in [2.45, 2.75) is 45.8 Å². The molecule has 7 nitrogen and oxygen atoms in total. The van der Waals surface area contributed by atoms with Gasteiger partial charge in [-0.15, -0.1) is 0 Å². The first-order valence-electron chi connectivity index (χ1n) is 7.90. The number of carbonyl (C=O) groups is 1. The summed E-state index contributed by atoms with van der Waals surface area (Å²) in [4.78, 5) is 10.9. The summed E-state index contributed by atoms with van der Waals surface area (Å²) in [7, 11) is 0. The standard InChI is InChI=1S/C10H18O5.C6H14O2/c1-9(2)10(12)15-8-7-14-6-5-13-4-3-11;1-2-3-4-5-6(7)8/h11H,1,3-8H2,2H3;6-8H,2-5H2,1H3. The van der Waals surface area contributed by atoms with E-state index in [1.54, 1.807) is 6.92 Å². The van der Waals surface area contributed by atoms with Crippen molar-refractivity contribution in [2.24, 2.45) is 0 Å². The molecule has 0 fully saturated rings. The predicted molar refractivity (Wildman–Crippen MR) is 86.9 cm³/mol. The topological polar surface area (TPSA) is 105 Å².